The van der Waals surface area contributed by atoms with E-state index < -0.39 is 10.8 Å². The second-order valence-electron chi connectivity index (χ2n) is 4.99. The second kappa shape index (κ2) is 7.87. The fourth-order valence-corrected chi connectivity index (χ4v) is 3.66. The lowest BCUT2D eigenvalue weighted by molar-refractivity contribution is 0.594. The summed E-state index contributed by atoms with van der Waals surface area (Å²) in [4.78, 5) is 0.869. The highest BCUT2D eigenvalue weighted by Gasteiger charge is 2.15. The number of nitrogens with one attached hydrogen (secondary N) is 1. The molecule has 0 aliphatic carbocycles. The summed E-state index contributed by atoms with van der Waals surface area (Å²) in [5.41, 5.74) is 2.43. The topological polar surface area (TPSA) is 29.1 Å². The van der Waals surface area contributed by atoms with Gasteiger partial charge in [-0.15, -0.1) is 0 Å². The Kier molecular flexibility index (Phi) is 6.15. The molecule has 2 rings (SSSR count). The van der Waals surface area contributed by atoms with Crippen molar-refractivity contribution in [3.05, 3.63) is 64.1 Å². The number of hydrogen-bond donors (Lipinski definition) is 1. The normalized spacial score (nSPS) is 13.9. The van der Waals surface area contributed by atoms with Gasteiger partial charge in [-0.25, -0.2) is 0 Å². The minimum atomic E-state index is -1.01. The summed E-state index contributed by atoms with van der Waals surface area (Å²) < 4.78 is 13.5. The number of halogens is 1. The van der Waals surface area contributed by atoms with Gasteiger partial charge >= 0.3 is 0 Å². The maximum absolute atomic E-state index is 12.5. The molecule has 0 saturated carbocycles. The predicted octanol–water partition coefficient (Wildman–Crippen LogP) is 4.22. The van der Waals surface area contributed by atoms with Crippen molar-refractivity contribution in [3.63, 3.8) is 0 Å². The maximum atomic E-state index is 12.5. The highest BCUT2D eigenvalue weighted by molar-refractivity contribution is 9.10. The zero-order valence-electron chi connectivity index (χ0n) is 12.3. The van der Waals surface area contributed by atoms with Crippen LogP contribution in [0.2, 0.25) is 0 Å². The number of aryl methyl sites for hydroxylation is 1. The third-order valence-corrected chi connectivity index (χ3v) is 5.29. The lowest BCUT2D eigenvalue weighted by atomic mass is 10.1. The van der Waals surface area contributed by atoms with Crippen LogP contribution in [-0.2, 0) is 10.8 Å². The van der Waals surface area contributed by atoms with Crippen LogP contribution >= 0.6 is 15.9 Å². The summed E-state index contributed by atoms with van der Waals surface area (Å²) in [6, 6.07) is 16.2. The van der Waals surface area contributed by atoms with Crippen molar-refractivity contribution in [2.75, 3.05) is 12.3 Å². The summed E-state index contributed by atoms with van der Waals surface area (Å²) >= 11 is 3.40. The van der Waals surface area contributed by atoms with E-state index >= 15 is 0 Å². The molecule has 0 bridgehead atoms. The molecule has 0 heterocycles. The SMILES string of the molecule is CCNC(CS(=O)c1ccc(Br)cc1)c1ccc(C)cc1. The van der Waals surface area contributed by atoms with Gasteiger partial charge in [0.1, 0.15) is 0 Å². The first kappa shape index (κ1) is 16.4. The van der Waals surface area contributed by atoms with E-state index in [1.54, 1.807) is 0 Å². The van der Waals surface area contributed by atoms with Crippen molar-refractivity contribution in [2.45, 2.75) is 24.8 Å². The Bertz CT molecular complexity index is 595. The highest BCUT2D eigenvalue weighted by Crippen LogP contribution is 2.19. The van der Waals surface area contributed by atoms with Crippen molar-refractivity contribution in [3.8, 4) is 0 Å². The van der Waals surface area contributed by atoms with E-state index in [0.29, 0.717) is 5.75 Å². The monoisotopic (exact) mass is 365 g/mol. The van der Waals surface area contributed by atoms with Gasteiger partial charge in [-0.1, -0.05) is 52.7 Å². The molecule has 2 aromatic rings. The molecular formula is C17H20BrNOS. The summed E-state index contributed by atoms with van der Waals surface area (Å²) in [5, 5.41) is 3.43. The Hall–Kier alpha value is -0.970. The third-order valence-electron chi connectivity index (χ3n) is 3.32. The molecular weight excluding hydrogens is 346 g/mol. The van der Waals surface area contributed by atoms with E-state index in [9.17, 15) is 4.21 Å². The minimum absolute atomic E-state index is 0.111. The predicted molar refractivity (Wildman–Crippen MR) is 93.0 cm³/mol. The van der Waals surface area contributed by atoms with Crippen LogP contribution in [0.5, 0.6) is 0 Å². The van der Waals surface area contributed by atoms with Crippen LogP contribution in [0, 0.1) is 6.92 Å². The molecule has 0 fully saturated rings. The van der Waals surface area contributed by atoms with Crippen molar-refractivity contribution < 1.29 is 4.21 Å². The van der Waals surface area contributed by atoms with Gasteiger partial charge in [-0.2, -0.15) is 0 Å². The van der Waals surface area contributed by atoms with Crippen LogP contribution in [-0.4, -0.2) is 16.5 Å². The summed E-state index contributed by atoms with van der Waals surface area (Å²) in [6.07, 6.45) is 0. The van der Waals surface area contributed by atoms with Gasteiger partial charge in [-0.05, 0) is 43.3 Å². The standard InChI is InChI=1S/C17H20BrNOS/c1-3-19-17(14-6-4-13(2)5-7-14)12-21(20)16-10-8-15(18)9-11-16/h4-11,17,19H,3,12H2,1-2H3. The largest absolute Gasteiger partial charge is 0.309 e. The van der Waals surface area contributed by atoms with Crippen LogP contribution in [0.1, 0.15) is 24.1 Å². The van der Waals surface area contributed by atoms with Crippen molar-refractivity contribution in [2.24, 2.45) is 0 Å². The van der Waals surface area contributed by atoms with Crippen LogP contribution in [0.3, 0.4) is 0 Å². The van der Waals surface area contributed by atoms with E-state index in [4.69, 9.17) is 0 Å². The quantitative estimate of drug-likeness (QED) is 0.830. The zero-order valence-corrected chi connectivity index (χ0v) is 14.7. The number of hydrogen-bond acceptors (Lipinski definition) is 2. The molecule has 112 valence electrons. The van der Waals surface area contributed by atoms with Crippen LogP contribution in [0.15, 0.2) is 57.9 Å². The fourth-order valence-electron chi connectivity index (χ4n) is 2.15. The maximum Gasteiger partial charge on any atom is 0.0548 e. The first-order valence-corrected chi connectivity index (χ1v) is 9.15. The van der Waals surface area contributed by atoms with Gasteiger partial charge < -0.3 is 5.32 Å². The van der Waals surface area contributed by atoms with E-state index in [-0.39, 0.29) is 6.04 Å². The fraction of sp³-hybridized carbons (Fsp3) is 0.294. The van der Waals surface area contributed by atoms with Crippen LogP contribution < -0.4 is 5.32 Å². The first-order chi connectivity index (χ1) is 10.1. The molecule has 2 atom stereocenters. The van der Waals surface area contributed by atoms with Gasteiger partial charge in [0.25, 0.3) is 0 Å². The van der Waals surface area contributed by atoms with Crippen LogP contribution in [0.4, 0.5) is 0 Å². The lowest BCUT2D eigenvalue weighted by Crippen LogP contribution is -2.26. The van der Waals surface area contributed by atoms with Gasteiger partial charge in [-0.3, -0.25) is 4.21 Å². The molecule has 2 aromatic carbocycles. The average molecular weight is 366 g/mol. The van der Waals surface area contributed by atoms with E-state index in [1.807, 2.05) is 24.3 Å². The van der Waals surface area contributed by atoms with Gasteiger partial charge in [0.15, 0.2) is 0 Å². The molecule has 21 heavy (non-hydrogen) atoms. The molecule has 0 amide bonds. The van der Waals surface area contributed by atoms with Crippen molar-refractivity contribution in [1.82, 2.24) is 5.32 Å². The van der Waals surface area contributed by atoms with Gasteiger partial charge in [0, 0.05) is 21.2 Å². The van der Waals surface area contributed by atoms with Crippen molar-refractivity contribution >= 4 is 26.7 Å². The number of rotatable bonds is 6. The Morgan fingerprint density at radius 3 is 2.29 bits per heavy atom. The highest BCUT2D eigenvalue weighted by atomic mass is 79.9. The molecule has 0 aromatic heterocycles. The molecule has 2 nitrogen and oxygen atoms in total. The lowest BCUT2D eigenvalue weighted by Gasteiger charge is -2.18. The van der Waals surface area contributed by atoms with E-state index in [2.05, 4.69) is 59.4 Å². The smallest absolute Gasteiger partial charge is 0.0548 e. The first-order valence-electron chi connectivity index (χ1n) is 7.04. The molecule has 0 aliphatic heterocycles. The zero-order chi connectivity index (χ0) is 15.2. The summed E-state index contributed by atoms with van der Waals surface area (Å²) in [5.74, 6) is 0.582. The molecule has 0 radical (unpaired) electrons. The Balaban J connectivity index is 2.13. The third kappa shape index (κ3) is 4.77. The average Bonchev–Trinajstić information content (AvgIpc) is 2.48. The number of benzene rings is 2. The van der Waals surface area contributed by atoms with Gasteiger partial charge in [0.05, 0.1) is 10.8 Å². The molecule has 0 aliphatic rings. The molecule has 0 spiro atoms. The molecule has 0 saturated heterocycles. The second-order valence-corrected chi connectivity index (χ2v) is 7.40. The van der Waals surface area contributed by atoms with Crippen LogP contribution in [0.25, 0.3) is 0 Å². The Morgan fingerprint density at radius 1 is 1.10 bits per heavy atom. The summed E-state index contributed by atoms with van der Waals surface area (Å²) in [7, 11) is -1.01. The molecule has 2 unspecified atom stereocenters. The summed E-state index contributed by atoms with van der Waals surface area (Å²) in [6.45, 7) is 5.01. The Labute approximate surface area is 137 Å². The Morgan fingerprint density at radius 2 is 1.71 bits per heavy atom. The molecule has 4 heteroatoms. The minimum Gasteiger partial charge on any atom is -0.309 e. The van der Waals surface area contributed by atoms with E-state index in [0.717, 1.165) is 15.9 Å². The van der Waals surface area contributed by atoms with Crippen molar-refractivity contribution in [1.29, 1.82) is 0 Å². The van der Waals surface area contributed by atoms with Gasteiger partial charge in [0.2, 0.25) is 0 Å². The van der Waals surface area contributed by atoms with E-state index in [1.165, 1.54) is 11.1 Å². The molecule has 1 N–H and O–H groups in total.